The molecule has 0 aliphatic carbocycles. The molecule has 1 amide bonds. The summed E-state index contributed by atoms with van der Waals surface area (Å²) < 4.78 is 49.2. The molecule has 0 radical (unpaired) electrons. The largest absolute Gasteiger partial charge is 0.434 e. The first-order chi connectivity index (χ1) is 15.0. The van der Waals surface area contributed by atoms with Gasteiger partial charge < -0.3 is 24.6 Å². The number of ether oxygens (including phenoxy) is 2. The maximum Gasteiger partial charge on any atom is 0.387 e. The number of carbonyl (C=O) groups excluding carboxylic acids is 1. The van der Waals surface area contributed by atoms with Crippen molar-refractivity contribution < 1.29 is 27.4 Å². The molecular weight excluding hydrogens is 413 g/mol. The number of likely N-dealkylation sites (tertiary alicyclic amines) is 1. The van der Waals surface area contributed by atoms with E-state index >= 15 is 0 Å². The minimum Gasteiger partial charge on any atom is -0.434 e. The summed E-state index contributed by atoms with van der Waals surface area (Å²) in [6, 6.07) is 3.82. The number of guanidine groups is 1. The van der Waals surface area contributed by atoms with Crippen LogP contribution in [0.15, 0.2) is 23.2 Å². The zero-order valence-electron chi connectivity index (χ0n) is 17.7. The monoisotopic (exact) mass is 442 g/mol. The van der Waals surface area contributed by atoms with Crippen molar-refractivity contribution in [1.82, 2.24) is 15.1 Å². The third-order valence-electron chi connectivity index (χ3n) is 5.48. The molecule has 0 unspecified atom stereocenters. The van der Waals surface area contributed by atoms with E-state index < -0.39 is 12.4 Å². The van der Waals surface area contributed by atoms with Crippen LogP contribution in [0, 0.1) is 11.7 Å². The summed E-state index contributed by atoms with van der Waals surface area (Å²) in [5, 5.41) is 3.16. The zero-order valence-corrected chi connectivity index (χ0v) is 17.7. The second kappa shape index (κ2) is 11.2. The number of aliphatic imine (C=N–C) groups is 1. The number of piperidine rings is 1. The van der Waals surface area contributed by atoms with Crippen LogP contribution in [-0.2, 0) is 16.1 Å². The van der Waals surface area contributed by atoms with Gasteiger partial charge in [-0.25, -0.2) is 9.38 Å². The van der Waals surface area contributed by atoms with Crippen LogP contribution in [-0.4, -0.2) is 74.2 Å². The van der Waals surface area contributed by atoms with Crippen molar-refractivity contribution in [2.24, 2.45) is 10.9 Å². The van der Waals surface area contributed by atoms with Crippen molar-refractivity contribution in [3.05, 3.63) is 29.6 Å². The van der Waals surface area contributed by atoms with E-state index in [1.165, 1.54) is 18.2 Å². The number of carbonyl (C=O) groups is 1. The Kier molecular flexibility index (Phi) is 8.39. The molecule has 172 valence electrons. The van der Waals surface area contributed by atoms with E-state index in [1.807, 2.05) is 16.7 Å². The fraction of sp³-hybridized carbons (Fsp3) is 0.619. The number of nitrogens with one attached hydrogen (secondary N) is 1. The molecule has 2 saturated heterocycles. The number of hydrogen-bond acceptors (Lipinski definition) is 4. The van der Waals surface area contributed by atoms with Gasteiger partial charge in [0.2, 0.25) is 5.91 Å². The lowest BCUT2D eigenvalue weighted by atomic mass is 9.95. The number of benzene rings is 1. The molecule has 7 nitrogen and oxygen atoms in total. The van der Waals surface area contributed by atoms with Crippen LogP contribution in [0.5, 0.6) is 5.75 Å². The van der Waals surface area contributed by atoms with E-state index in [4.69, 9.17) is 4.74 Å². The summed E-state index contributed by atoms with van der Waals surface area (Å²) in [4.78, 5) is 21.1. The van der Waals surface area contributed by atoms with Crippen LogP contribution in [0.1, 0.15) is 25.3 Å². The summed E-state index contributed by atoms with van der Waals surface area (Å²) in [6.45, 7) is 3.02. The van der Waals surface area contributed by atoms with Gasteiger partial charge in [-0.15, -0.1) is 0 Å². The Morgan fingerprint density at radius 3 is 2.58 bits per heavy atom. The third kappa shape index (κ3) is 6.25. The predicted molar refractivity (Wildman–Crippen MR) is 110 cm³/mol. The van der Waals surface area contributed by atoms with Crippen molar-refractivity contribution in [1.29, 1.82) is 0 Å². The average Bonchev–Trinajstić information content (AvgIpc) is 2.78. The smallest absolute Gasteiger partial charge is 0.387 e. The molecule has 2 aliphatic rings. The Hall–Kier alpha value is -2.49. The Labute approximate surface area is 180 Å². The van der Waals surface area contributed by atoms with Crippen LogP contribution >= 0.6 is 0 Å². The number of halogens is 3. The third-order valence-corrected chi connectivity index (χ3v) is 5.48. The maximum atomic E-state index is 14.2. The van der Waals surface area contributed by atoms with Gasteiger partial charge in [0, 0.05) is 38.6 Å². The summed E-state index contributed by atoms with van der Waals surface area (Å²) >= 11 is 0. The van der Waals surface area contributed by atoms with E-state index in [0.717, 1.165) is 0 Å². The van der Waals surface area contributed by atoms with Crippen LogP contribution in [0.2, 0.25) is 0 Å². The van der Waals surface area contributed by atoms with Gasteiger partial charge in [-0.3, -0.25) is 4.79 Å². The average molecular weight is 442 g/mol. The molecule has 2 heterocycles. The summed E-state index contributed by atoms with van der Waals surface area (Å²) in [6.07, 6.45) is 1.39. The first kappa shape index (κ1) is 23.2. The second-order valence-electron chi connectivity index (χ2n) is 7.46. The van der Waals surface area contributed by atoms with Crippen LogP contribution in [0.4, 0.5) is 13.2 Å². The first-order valence-electron chi connectivity index (χ1n) is 10.6. The summed E-state index contributed by atoms with van der Waals surface area (Å²) in [5.74, 6) is -0.164. The molecule has 0 aromatic heterocycles. The highest BCUT2D eigenvalue weighted by Gasteiger charge is 2.30. The number of morpholine rings is 1. The zero-order chi connectivity index (χ0) is 22.2. The molecular formula is C21H29F3N4O3. The molecule has 2 fully saturated rings. The van der Waals surface area contributed by atoms with Crippen LogP contribution in [0.25, 0.3) is 0 Å². The van der Waals surface area contributed by atoms with Crippen LogP contribution < -0.4 is 10.1 Å². The van der Waals surface area contributed by atoms with E-state index in [2.05, 4.69) is 15.0 Å². The number of rotatable bonds is 6. The van der Waals surface area contributed by atoms with Gasteiger partial charge in [-0.2, -0.15) is 8.78 Å². The highest BCUT2D eigenvalue weighted by molar-refractivity contribution is 5.82. The topological polar surface area (TPSA) is 66.4 Å². The van der Waals surface area contributed by atoms with E-state index in [0.29, 0.717) is 64.7 Å². The molecule has 1 aromatic rings. The van der Waals surface area contributed by atoms with Gasteiger partial charge in [-0.1, -0.05) is 6.07 Å². The second-order valence-corrected chi connectivity index (χ2v) is 7.46. The van der Waals surface area contributed by atoms with Crippen LogP contribution in [0.3, 0.4) is 0 Å². The predicted octanol–water partition coefficient (Wildman–Crippen LogP) is 2.46. The maximum absolute atomic E-state index is 14.2. The van der Waals surface area contributed by atoms with E-state index in [-0.39, 0.29) is 29.7 Å². The number of alkyl halides is 2. The highest BCUT2D eigenvalue weighted by Crippen LogP contribution is 2.25. The van der Waals surface area contributed by atoms with E-state index in [1.54, 1.807) is 0 Å². The summed E-state index contributed by atoms with van der Waals surface area (Å²) in [5.41, 5.74) is -0.0180. The SMILES string of the molecule is CCNC(=NCc1c(F)cccc1OC(F)F)N1CCC(C(=O)N2CCOCC2)CC1. The lowest BCUT2D eigenvalue weighted by Crippen LogP contribution is -2.50. The fourth-order valence-electron chi connectivity index (χ4n) is 3.86. The first-order valence-corrected chi connectivity index (χ1v) is 10.6. The minimum absolute atomic E-state index is 0.0180. The molecule has 3 rings (SSSR count). The quantitative estimate of drug-likeness (QED) is 0.542. The van der Waals surface area contributed by atoms with Gasteiger partial charge in [0.1, 0.15) is 11.6 Å². The van der Waals surface area contributed by atoms with Gasteiger partial charge in [0.25, 0.3) is 0 Å². The Morgan fingerprint density at radius 1 is 1.23 bits per heavy atom. The molecule has 10 heteroatoms. The Bertz CT molecular complexity index is 764. The lowest BCUT2D eigenvalue weighted by molar-refractivity contribution is -0.140. The van der Waals surface area contributed by atoms with Crippen molar-refractivity contribution in [2.45, 2.75) is 32.9 Å². The summed E-state index contributed by atoms with van der Waals surface area (Å²) in [7, 11) is 0. The minimum atomic E-state index is -3.04. The molecule has 0 spiro atoms. The van der Waals surface area contributed by atoms with Gasteiger partial charge in [0.15, 0.2) is 5.96 Å². The molecule has 1 N–H and O–H groups in total. The lowest BCUT2D eigenvalue weighted by Gasteiger charge is -2.36. The Balaban J connectivity index is 1.64. The molecule has 0 atom stereocenters. The number of hydrogen-bond donors (Lipinski definition) is 1. The standard InChI is InChI=1S/C21H29F3N4O3/c1-2-25-21(26-14-16-17(22)4-3-5-18(16)31-20(23)24)28-8-6-15(7-9-28)19(29)27-10-12-30-13-11-27/h3-5,15,20H,2,6-14H2,1H3,(H,25,26). The van der Waals surface area contributed by atoms with Crippen molar-refractivity contribution in [2.75, 3.05) is 45.9 Å². The molecule has 31 heavy (non-hydrogen) atoms. The van der Waals surface area contributed by atoms with Crippen molar-refractivity contribution in [3.63, 3.8) is 0 Å². The Morgan fingerprint density at radius 2 is 1.94 bits per heavy atom. The molecule has 2 aliphatic heterocycles. The fourth-order valence-corrected chi connectivity index (χ4v) is 3.86. The van der Waals surface area contributed by atoms with Crippen molar-refractivity contribution in [3.8, 4) is 5.75 Å². The molecule has 1 aromatic carbocycles. The number of amides is 1. The molecule has 0 bridgehead atoms. The van der Waals surface area contributed by atoms with Crippen molar-refractivity contribution >= 4 is 11.9 Å². The highest BCUT2D eigenvalue weighted by atomic mass is 19.3. The van der Waals surface area contributed by atoms with Gasteiger partial charge >= 0.3 is 6.61 Å². The number of nitrogens with zero attached hydrogens (tertiary/aromatic N) is 3. The van der Waals surface area contributed by atoms with Gasteiger partial charge in [0.05, 0.1) is 25.3 Å². The van der Waals surface area contributed by atoms with E-state index in [9.17, 15) is 18.0 Å². The normalized spacial score (nSPS) is 18.4. The molecule has 0 saturated carbocycles. The van der Waals surface area contributed by atoms with Gasteiger partial charge in [-0.05, 0) is 31.9 Å².